The number of nitrogens with zero attached hydrogens (tertiary/aromatic N) is 2. The molecule has 2 nitrogen and oxygen atoms in total. The predicted molar refractivity (Wildman–Crippen MR) is 91.2 cm³/mol. The predicted octanol–water partition coefficient (Wildman–Crippen LogP) is 5.04. The van der Waals surface area contributed by atoms with Crippen LogP contribution in [-0.2, 0) is 0 Å². The molecule has 0 saturated carbocycles. The highest BCUT2D eigenvalue weighted by Gasteiger charge is 2.54. The van der Waals surface area contributed by atoms with Crippen LogP contribution in [0.5, 0.6) is 0 Å². The lowest BCUT2D eigenvalue weighted by atomic mass is 9.86. The van der Waals surface area contributed by atoms with Gasteiger partial charge in [0, 0.05) is 45.4 Å². The van der Waals surface area contributed by atoms with Crippen LogP contribution in [0.3, 0.4) is 0 Å². The summed E-state index contributed by atoms with van der Waals surface area (Å²) in [6.45, 7) is -4.26. The Morgan fingerprint density at radius 3 is 2.32 bits per heavy atom. The molecule has 0 amide bonds. The highest BCUT2D eigenvalue weighted by atomic mass is 79.9. The second-order valence-electron chi connectivity index (χ2n) is 5.53. The van der Waals surface area contributed by atoms with Crippen LogP contribution in [0.2, 0.25) is 0 Å². The molecule has 0 N–H and O–H groups in total. The molecule has 0 spiro atoms. The van der Waals surface area contributed by atoms with E-state index in [9.17, 15) is 21.8 Å². The molecular weight excluding hydrogens is 474 g/mol. The molecule has 3 heterocycles. The molecule has 1 aromatic heterocycles. The number of fused-ring (bicyclic) bond motifs is 2. The number of hydrogen-bond donors (Lipinski definition) is 0. The van der Waals surface area contributed by atoms with Crippen LogP contribution in [-0.4, -0.2) is 20.6 Å². The number of aromatic nitrogens is 1. The van der Waals surface area contributed by atoms with E-state index < -0.39 is 24.4 Å². The summed E-state index contributed by atoms with van der Waals surface area (Å²) in [4.78, 5) is 0. The molecule has 4 rings (SSSR count). The molecule has 0 saturated heterocycles. The zero-order chi connectivity index (χ0) is 18.1. The molecule has 0 fully saturated rings. The molecule has 25 heavy (non-hydrogen) atoms. The Balaban J connectivity index is 2.13. The molecule has 0 unspecified atom stereocenters. The second-order valence-corrected chi connectivity index (χ2v) is 7.16. The van der Waals surface area contributed by atoms with Gasteiger partial charge in [-0.3, -0.25) is 0 Å². The first kappa shape index (κ1) is 16.8. The topological polar surface area (TPSA) is 7.94 Å². The summed E-state index contributed by atoms with van der Waals surface area (Å²) in [5.74, 6) is -3.65. The van der Waals surface area contributed by atoms with Crippen LogP contribution >= 0.6 is 31.9 Å². The fraction of sp³-hybridized carbons (Fsp3) is 0. The summed E-state index contributed by atoms with van der Waals surface area (Å²) in [5, 5.41) is 0. The minimum absolute atomic E-state index is 0.000108. The van der Waals surface area contributed by atoms with Crippen molar-refractivity contribution < 1.29 is 26.3 Å². The Hall–Kier alpha value is -1.68. The van der Waals surface area contributed by atoms with E-state index in [2.05, 4.69) is 31.9 Å². The highest BCUT2D eigenvalue weighted by Crippen LogP contribution is 2.42. The van der Waals surface area contributed by atoms with Crippen LogP contribution in [0.25, 0.3) is 5.57 Å². The van der Waals surface area contributed by atoms with Gasteiger partial charge in [0.2, 0.25) is 4.62 Å². The molecule has 0 aliphatic carbocycles. The summed E-state index contributed by atoms with van der Waals surface area (Å²) in [5.41, 5.74) is -0.260. The van der Waals surface area contributed by atoms with Crippen LogP contribution in [0.4, 0.5) is 21.8 Å². The summed E-state index contributed by atoms with van der Waals surface area (Å²) < 4.78 is 72.9. The van der Waals surface area contributed by atoms with Gasteiger partial charge >= 0.3 is 6.97 Å². The van der Waals surface area contributed by atoms with Gasteiger partial charge in [-0.05, 0) is 34.1 Å². The maximum absolute atomic E-state index is 15.0. The van der Waals surface area contributed by atoms with Crippen LogP contribution in [0.15, 0.2) is 46.7 Å². The van der Waals surface area contributed by atoms with Crippen molar-refractivity contribution in [2.75, 3.05) is 0 Å². The molecule has 128 valence electrons. The van der Waals surface area contributed by atoms with Gasteiger partial charge in [0.15, 0.2) is 17.3 Å². The Morgan fingerprint density at radius 1 is 0.920 bits per heavy atom. The van der Waals surface area contributed by atoms with Crippen molar-refractivity contribution in [3.63, 3.8) is 0 Å². The van der Waals surface area contributed by atoms with Gasteiger partial charge in [-0.15, -0.1) is 0 Å². The smallest absolute Gasteiger partial charge is 0.389 e. The molecule has 2 aliphatic heterocycles. The fourth-order valence-corrected chi connectivity index (χ4v) is 4.26. The van der Waals surface area contributed by atoms with Crippen molar-refractivity contribution in [1.29, 1.82) is 0 Å². The summed E-state index contributed by atoms with van der Waals surface area (Å²) in [6, 6.07) is 3.84. The lowest BCUT2D eigenvalue weighted by molar-refractivity contribution is -0.358. The van der Waals surface area contributed by atoms with E-state index in [4.69, 9.17) is 0 Å². The van der Waals surface area contributed by atoms with Crippen LogP contribution in [0, 0.1) is 17.5 Å². The molecule has 10 heteroatoms. The van der Waals surface area contributed by atoms with Crippen molar-refractivity contribution in [2.24, 2.45) is 0 Å². The van der Waals surface area contributed by atoms with Gasteiger partial charge in [-0.1, -0.05) is 0 Å². The summed E-state index contributed by atoms with van der Waals surface area (Å²) in [7, 11) is 0. The number of rotatable bonds is 1. The van der Waals surface area contributed by atoms with Crippen LogP contribution < -0.4 is 0 Å². The molecule has 0 bridgehead atoms. The molecule has 1 aromatic carbocycles. The van der Waals surface area contributed by atoms with Crippen molar-refractivity contribution in [1.82, 2.24) is 4.48 Å². The standard InChI is InChI=1S/C15H6BBr2F5N2/c17-13-3-1-11-15(7-5-9(20)10(21)6-8(7)19)12-2-4-14(18)25(12)16(22,23)24(11)13/h1-6H. The number of hydrogen-bond acceptors (Lipinski definition) is 0. The number of benzene rings is 1. The molecule has 0 atom stereocenters. The largest absolute Gasteiger partial charge is 0.738 e. The van der Waals surface area contributed by atoms with E-state index >= 15 is 0 Å². The van der Waals surface area contributed by atoms with Gasteiger partial charge in [-0.2, -0.15) is 0 Å². The minimum atomic E-state index is -4.26. The maximum Gasteiger partial charge on any atom is 0.738 e. The third-order valence-corrected chi connectivity index (χ3v) is 5.44. The van der Waals surface area contributed by atoms with Crippen molar-refractivity contribution in [2.45, 2.75) is 0 Å². The molecule has 0 radical (unpaired) electrons. The van der Waals surface area contributed by atoms with Gasteiger partial charge < -0.3 is 17.6 Å². The zero-order valence-corrected chi connectivity index (χ0v) is 15.3. The second kappa shape index (κ2) is 5.41. The monoisotopic (exact) mass is 478 g/mol. The first-order valence-corrected chi connectivity index (χ1v) is 8.60. The maximum atomic E-state index is 15.0. The Morgan fingerprint density at radius 2 is 1.60 bits per heavy atom. The van der Waals surface area contributed by atoms with E-state index in [1.807, 2.05) is 0 Å². The van der Waals surface area contributed by atoms with Crippen molar-refractivity contribution in [3.8, 4) is 0 Å². The lowest BCUT2D eigenvalue weighted by Gasteiger charge is -2.32. The van der Waals surface area contributed by atoms with Gasteiger partial charge in [-0.25, -0.2) is 13.2 Å². The molecule has 2 aromatic rings. The Labute approximate surface area is 155 Å². The third-order valence-electron chi connectivity index (χ3n) is 4.15. The average Bonchev–Trinajstić information content (AvgIpc) is 3.09. The summed E-state index contributed by atoms with van der Waals surface area (Å²) in [6.07, 6.45) is 2.77. The lowest BCUT2D eigenvalue weighted by Crippen LogP contribution is -2.50. The number of halogens is 7. The van der Waals surface area contributed by atoms with E-state index in [1.165, 1.54) is 24.3 Å². The normalized spacial score (nSPS) is 18.0. The Kier molecular flexibility index (Phi) is 3.63. The SMILES string of the molecule is Fc1cc(F)c(C2=C3C=CC(Br)=[N+]3[B-](F)(F)n3c(Br)ccc32)cc1F. The quantitative estimate of drug-likeness (QED) is 0.308. The van der Waals surface area contributed by atoms with Crippen LogP contribution in [0.1, 0.15) is 11.3 Å². The third kappa shape index (κ3) is 2.23. The number of allylic oxidation sites excluding steroid dienone is 2. The average molecular weight is 480 g/mol. The first-order chi connectivity index (χ1) is 11.7. The highest BCUT2D eigenvalue weighted by molar-refractivity contribution is 9.18. The van der Waals surface area contributed by atoms with Crippen molar-refractivity contribution >= 4 is 49.0 Å². The zero-order valence-electron chi connectivity index (χ0n) is 12.1. The first-order valence-electron chi connectivity index (χ1n) is 7.02. The summed E-state index contributed by atoms with van der Waals surface area (Å²) >= 11 is 6.13. The van der Waals surface area contributed by atoms with Gasteiger partial charge in [0.25, 0.3) is 0 Å². The molecular formula is C15H6BBr2F5N2. The van der Waals surface area contributed by atoms with E-state index in [1.54, 1.807) is 0 Å². The molecule has 2 aliphatic rings. The van der Waals surface area contributed by atoms with Gasteiger partial charge in [0.1, 0.15) is 5.82 Å². The van der Waals surface area contributed by atoms with Crippen molar-refractivity contribution in [3.05, 3.63) is 75.4 Å². The van der Waals surface area contributed by atoms with Gasteiger partial charge in [0.05, 0.1) is 10.2 Å². The fourth-order valence-electron chi connectivity index (χ4n) is 3.12. The Bertz CT molecular complexity index is 1040. The minimum Gasteiger partial charge on any atom is -0.389 e. The van der Waals surface area contributed by atoms with E-state index in [0.29, 0.717) is 21.1 Å². The van der Waals surface area contributed by atoms with E-state index in [-0.39, 0.29) is 31.8 Å². The van der Waals surface area contributed by atoms with E-state index in [0.717, 1.165) is 0 Å².